The molecule has 0 amide bonds. The predicted octanol–water partition coefficient (Wildman–Crippen LogP) is 3.78. The van der Waals surface area contributed by atoms with Gasteiger partial charge in [-0.1, -0.05) is 44.3 Å². The Morgan fingerprint density at radius 1 is 1.32 bits per heavy atom. The molecule has 0 aliphatic heterocycles. The molecule has 1 aromatic rings. The number of alkyl halides is 1. The summed E-state index contributed by atoms with van der Waals surface area (Å²) in [7, 11) is -3.37. The van der Waals surface area contributed by atoms with Crippen LogP contribution in [0.3, 0.4) is 0 Å². The van der Waals surface area contributed by atoms with E-state index in [0.29, 0.717) is 11.4 Å². The summed E-state index contributed by atoms with van der Waals surface area (Å²) in [6, 6.07) is 7.13. The van der Waals surface area contributed by atoms with Gasteiger partial charge in [0.25, 0.3) is 0 Å². The summed E-state index contributed by atoms with van der Waals surface area (Å²) in [4.78, 5) is 0.378. The molecule has 0 N–H and O–H groups in total. The highest BCUT2D eigenvalue weighted by molar-refractivity contribution is 9.10. The maximum atomic E-state index is 12.7. The largest absolute Gasteiger partial charge is 0.243 e. The van der Waals surface area contributed by atoms with Crippen LogP contribution in [0, 0.1) is 0 Å². The van der Waals surface area contributed by atoms with Crippen LogP contribution in [0.2, 0.25) is 0 Å². The highest BCUT2D eigenvalue weighted by atomic mass is 79.9. The molecule has 0 heterocycles. The Labute approximate surface area is 131 Å². The van der Waals surface area contributed by atoms with Crippen molar-refractivity contribution in [2.24, 2.45) is 0 Å². The number of hydrogen-bond donors (Lipinski definition) is 0. The molecule has 1 saturated carbocycles. The number of sulfonamides is 1. The summed E-state index contributed by atoms with van der Waals surface area (Å²) >= 11 is 6.71. The summed E-state index contributed by atoms with van der Waals surface area (Å²) in [5, 5.41) is 0.824. The van der Waals surface area contributed by atoms with E-state index in [1.54, 1.807) is 22.5 Å². The first-order chi connectivity index (χ1) is 9.05. The molecule has 0 unspecified atom stereocenters. The van der Waals surface area contributed by atoms with Gasteiger partial charge in [0.05, 0.1) is 4.90 Å². The molecule has 6 heteroatoms. The molecule has 3 nitrogen and oxygen atoms in total. The Balaban J connectivity index is 2.27. The summed E-state index contributed by atoms with van der Waals surface area (Å²) in [5.74, 6) is 0. The van der Waals surface area contributed by atoms with Crippen molar-refractivity contribution in [2.75, 3.05) is 11.9 Å². The third-order valence-corrected chi connectivity index (χ3v) is 6.40. The second kappa shape index (κ2) is 6.70. The van der Waals surface area contributed by atoms with E-state index in [1.807, 2.05) is 6.07 Å². The van der Waals surface area contributed by atoms with E-state index in [0.717, 1.165) is 35.5 Å². The molecule has 1 fully saturated rings. The minimum absolute atomic E-state index is 0.183. The van der Waals surface area contributed by atoms with Crippen molar-refractivity contribution in [3.8, 4) is 0 Å². The van der Waals surface area contributed by atoms with Crippen LogP contribution in [-0.2, 0) is 10.0 Å². The lowest BCUT2D eigenvalue weighted by atomic mass is 9.93. The quantitative estimate of drug-likeness (QED) is 0.669. The van der Waals surface area contributed by atoms with E-state index >= 15 is 0 Å². The van der Waals surface area contributed by atoms with Crippen LogP contribution in [0.4, 0.5) is 0 Å². The molecule has 1 aromatic carbocycles. The predicted molar refractivity (Wildman–Crippen MR) is 84.1 cm³/mol. The topological polar surface area (TPSA) is 37.4 Å². The van der Waals surface area contributed by atoms with Gasteiger partial charge in [-0.05, 0) is 37.5 Å². The summed E-state index contributed by atoms with van der Waals surface area (Å²) in [5.41, 5.74) is 0. The van der Waals surface area contributed by atoms with Gasteiger partial charge < -0.3 is 0 Å². The van der Waals surface area contributed by atoms with E-state index in [-0.39, 0.29) is 6.04 Å². The van der Waals surface area contributed by atoms with Gasteiger partial charge >= 0.3 is 0 Å². The monoisotopic (exact) mass is 409 g/mol. The van der Waals surface area contributed by atoms with Crippen LogP contribution in [0.15, 0.2) is 33.6 Å². The molecule has 19 heavy (non-hydrogen) atoms. The summed E-state index contributed by atoms with van der Waals surface area (Å²) in [6.45, 7) is 0.588. The Morgan fingerprint density at radius 3 is 2.58 bits per heavy atom. The zero-order valence-corrected chi connectivity index (χ0v) is 14.5. The van der Waals surface area contributed by atoms with Crippen molar-refractivity contribution < 1.29 is 8.42 Å². The third kappa shape index (κ3) is 3.60. The van der Waals surface area contributed by atoms with Gasteiger partial charge in [-0.2, -0.15) is 4.31 Å². The zero-order chi connectivity index (χ0) is 13.9. The maximum absolute atomic E-state index is 12.7. The number of nitrogens with zero attached hydrogens (tertiary/aromatic N) is 1. The van der Waals surface area contributed by atoms with Crippen LogP contribution >= 0.6 is 31.9 Å². The molecular weight excluding hydrogens is 394 g/mol. The molecule has 0 saturated heterocycles. The molecule has 0 spiro atoms. The molecular formula is C13H17Br2NO2S. The highest BCUT2D eigenvalue weighted by Gasteiger charge is 2.34. The number of halogens is 2. The number of hydrogen-bond acceptors (Lipinski definition) is 2. The molecule has 2 rings (SSSR count). The van der Waals surface area contributed by atoms with Crippen molar-refractivity contribution in [1.82, 2.24) is 4.31 Å². The number of rotatable bonds is 6. The van der Waals surface area contributed by atoms with Crippen LogP contribution < -0.4 is 0 Å². The molecule has 0 aromatic heterocycles. The van der Waals surface area contributed by atoms with Gasteiger partial charge in [0.15, 0.2) is 0 Å². The molecule has 0 atom stereocenters. The molecule has 106 valence electrons. The Morgan fingerprint density at radius 2 is 2.05 bits per heavy atom. The third-order valence-electron chi connectivity index (χ3n) is 3.40. The van der Waals surface area contributed by atoms with Gasteiger partial charge in [-0.15, -0.1) is 0 Å². The maximum Gasteiger partial charge on any atom is 0.243 e. The van der Waals surface area contributed by atoms with E-state index in [9.17, 15) is 8.42 Å². The van der Waals surface area contributed by atoms with Gasteiger partial charge in [-0.3, -0.25) is 0 Å². The first kappa shape index (κ1) is 15.5. The van der Waals surface area contributed by atoms with Crippen LogP contribution in [0.25, 0.3) is 0 Å². The first-order valence-corrected chi connectivity index (χ1v) is 9.74. The van der Waals surface area contributed by atoms with Gasteiger partial charge in [0, 0.05) is 22.4 Å². The fourth-order valence-corrected chi connectivity index (χ4v) is 4.72. The van der Waals surface area contributed by atoms with Crippen LogP contribution in [-0.4, -0.2) is 30.6 Å². The second-order valence-electron chi connectivity index (χ2n) is 4.70. The normalized spacial score (nSPS) is 16.6. The first-order valence-electron chi connectivity index (χ1n) is 6.39. The van der Waals surface area contributed by atoms with Gasteiger partial charge in [-0.25, -0.2) is 8.42 Å². The van der Waals surface area contributed by atoms with Crippen molar-refractivity contribution >= 4 is 41.9 Å². The molecule has 1 aliphatic carbocycles. The minimum Gasteiger partial charge on any atom is -0.207 e. The summed E-state index contributed by atoms with van der Waals surface area (Å²) < 4.78 is 27.9. The zero-order valence-electron chi connectivity index (χ0n) is 10.6. The lowest BCUT2D eigenvalue weighted by Gasteiger charge is -2.36. The number of benzene rings is 1. The summed E-state index contributed by atoms with van der Waals surface area (Å²) in [6.07, 6.45) is 3.93. The Hall–Kier alpha value is 0.0900. The van der Waals surface area contributed by atoms with Gasteiger partial charge in [0.2, 0.25) is 10.0 Å². The smallest absolute Gasteiger partial charge is 0.207 e. The van der Waals surface area contributed by atoms with Crippen LogP contribution in [0.1, 0.15) is 25.7 Å². The van der Waals surface area contributed by atoms with E-state index in [2.05, 4.69) is 31.9 Å². The second-order valence-corrected chi connectivity index (χ2v) is 8.30. The van der Waals surface area contributed by atoms with Gasteiger partial charge in [0.1, 0.15) is 0 Å². The van der Waals surface area contributed by atoms with Crippen molar-refractivity contribution in [2.45, 2.75) is 36.6 Å². The SMILES string of the molecule is O=S(=O)(c1cccc(Br)c1)N(CCCBr)C1CCC1. The molecule has 0 bridgehead atoms. The molecule has 0 radical (unpaired) electrons. The standard InChI is InChI=1S/C13H17Br2NO2S/c14-8-3-9-16(12-5-2-6-12)19(17,18)13-7-1-4-11(15)10-13/h1,4,7,10,12H,2-3,5-6,8-9H2. The highest BCUT2D eigenvalue weighted by Crippen LogP contribution is 2.30. The van der Waals surface area contributed by atoms with Crippen molar-refractivity contribution in [3.05, 3.63) is 28.7 Å². The van der Waals surface area contributed by atoms with Crippen molar-refractivity contribution in [3.63, 3.8) is 0 Å². The van der Waals surface area contributed by atoms with E-state index in [4.69, 9.17) is 0 Å². The minimum atomic E-state index is -3.37. The Kier molecular flexibility index (Phi) is 5.45. The lowest BCUT2D eigenvalue weighted by Crippen LogP contribution is -2.44. The average Bonchev–Trinajstić information content (AvgIpc) is 2.31. The fourth-order valence-electron chi connectivity index (χ4n) is 2.15. The van der Waals surface area contributed by atoms with E-state index < -0.39 is 10.0 Å². The lowest BCUT2D eigenvalue weighted by molar-refractivity contribution is 0.220. The van der Waals surface area contributed by atoms with Crippen LogP contribution in [0.5, 0.6) is 0 Å². The average molecular weight is 411 g/mol. The molecule has 1 aliphatic rings. The fraction of sp³-hybridized carbons (Fsp3) is 0.538. The van der Waals surface area contributed by atoms with Crippen molar-refractivity contribution in [1.29, 1.82) is 0 Å². The van der Waals surface area contributed by atoms with E-state index in [1.165, 1.54) is 0 Å². The Bertz CT molecular complexity index is 529.